The van der Waals surface area contributed by atoms with E-state index in [-0.39, 0.29) is 40.7 Å². The van der Waals surface area contributed by atoms with Crippen molar-refractivity contribution in [3.63, 3.8) is 0 Å². The molecule has 0 spiro atoms. The first-order chi connectivity index (χ1) is 18.0. The number of carboxylic acid groups (broad SMARTS) is 1. The second-order valence-electron chi connectivity index (χ2n) is 9.67. The maximum Gasteiger partial charge on any atom is 0.407 e. The average Bonchev–Trinajstić information content (AvgIpc) is 3.81. The van der Waals surface area contributed by atoms with Gasteiger partial charge in [0, 0.05) is 37.3 Å². The Kier molecular flexibility index (Phi) is 6.90. The lowest BCUT2D eigenvalue weighted by molar-refractivity contribution is 0.144. The normalized spacial score (nSPS) is 16.2. The molecule has 2 fully saturated rings. The van der Waals surface area contributed by atoms with Crippen molar-refractivity contribution in [3.8, 4) is 22.6 Å². The molecule has 2 aliphatic carbocycles. The Labute approximate surface area is 223 Å². The number of amides is 1. The standard InChI is InChI=1S/C24H27ClFN7O4S/c1-12(33(2)24(34)35)11-28-23-27-8-7-17(29-23)21-20(30-22(31-21)13-3-4-13)16-9-14(26)10-18(19(16)25)32-38(36,37)15-5-6-15/h7-10,12-13,15,32H,3-6,11H2,1-2H3,(H,30,31)(H,34,35)(H,27,28,29)/t12-/m0/s1. The summed E-state index contributed by atoms with van der Waals surface area (Å²) < 4.78 is 42.2. The lowest BCUT2D eigenvalue weighted by Gasteiger charge is -2.21. The summed E-state index contributed by atoms with van der Waals surface area (Å²) in [5.74, 6) is 0.543. The molecule has 1 atom stereocenters. The monoisotopic (exact) mass is 563 g/mol. The van der Waals surface area contributed by atoms with Gasteiger partial charge >= 0.3 is 6.09 Å². The molecule has 1 amide bonds. The van der Waals surface area contributed by atoms with Crippen LogP contribution >= 0.6 is 11.6 Å². The Morgan fingerprint density at radius 3 is 2.68 bits per heavy atom. The fourth-order valence-electron chi connectivity index (χ4n) is 3.92. The Morgan fingerprint density at radius 2 is 2.03 bits per heavy atom. The smallest absolute Gasteiger partial charge is 0.407 e. The van der Waals surface area contributed by atoms with Gasteiger partial charge < -0.3 is 20.3 Å². The number of nitrogens with one attached hydrogen (secondary N) is 3. The molecule has 2 aromatic heterocycles. The quantitative estimate of drug-likeness (QED) is 0.281. The minimum Gasteiger partial charge on any atom is -0.465 e. The molecule has 0 saturated heterocycles. The van der Waals surface area contributed by atoms with E-state index in [1.54, 1.807) is 19.2 Å². The van der Waals surface area contributed by atoms with Gasteiger partial charge in [0.1, 0.15) is 11.6 Å². The highest BCUT2D eigenvalue weighted by Crippen LogP contribution is 2.44. The van der Waals surface area contributed by atoms with E-state index in [9.17, 15) is 17.6 Å². The highest BCUT2D eigenvalue weighted by atomic mass is 35.5. The molecule has 2 heterocycles. The summed E-state index contributed by atoms with van der Waals surface area (Å²) in [5, 5.41) is 11.7. The van der Waals surface area contributed by atoms with Crippen LogP contribution in [0.2, 0.25) is 5.02 Å². The number of H-pyrrole nitrogens is 1. The van der Waals surface area contributed by atoms with Gasteiger partial charge in [0.05, 0.1) is 33.0 Å². The molecule has 14 heteroatoms. The largest absolute Gasteiger partial charge is 0.465 e. The summed E-state index contributed by atoms with van der Waals surface area (Å²) in [6.07, 6.45) is 3.52. The Morgan fingerprint density at radius 1 is 1.29 bits per heavy atom. The van der Waals surface area contributed by atoms with Gasteiger partial charge in [-0.05, 0) is 50.8 Å². The van der Waals surface area contributed by atoms with Crippen LogP contribution in [-0.4, -0.2) is 69.3 Å². The molecule has 1 aromatic carbocycles. The number of hydrogen-bond donors (Lipinski definition) is 4. The van der Waals surface area contributed by atoms with Gasteiger partial charge in [0.25, 0.3) is 0 Å². The maximum absolute atomic E-state index is 14.7. The van der Waals surface area contributed by atoms with Gasteiger partial charge in [-0.3, -0.25) is 4.72 Å². The van der Waals surface area contributed by atoms with Crippen LogP contribution in [0.5, 0.6) is 0 Å². The molecule has 3 aromatic rings. The number of nitrogens with zero attached hydrogens (tertiary/aromatic N) is 4. The van der Waals surface area contributed by atoms with E-state index in [0.29, 0.717) is 35.7 Å². The van der Waals surface area contributed by atoms with Crippen LogP contribution in [0.15, 0.2) is 24.4 Å². The third-order valence-electron chi connectivity index (χ3n) is 6.62. The van der Waals surface area contributed by atoms with Crippen molar-refractivity contribution in [2.45, 2.75) is 49.8 Å². The van der Waals surface area contributed by atoms with Crippen molar-refractivity contribution < 1.29 is 22.7 Å². The van der Waals surface area contributed by atoms with Crippen molar-refractivity contribution in [2.24, 2.45) is 0 Å². The summed E-state index contributed by atoms with van der Waals surface area (Å²) in [6.45, 7) is 2.02. The van der Waals surface area contributed by atoms with Crippen molar-refractivity contribution in [1.82, 2.24) is 24.8 Å². The number of rotatable bonds is 10. The lowest BCUT2D eigenvalue weighted by atomic mass is 10.1. The summed E-state index contributed by atoms with van der Waals surface area (Å²) >= 11 is 6.64. The summed E-state index contributed by atoms with van der Waals surface area (Å²) in [7, 11) is -2.19. The lowest BCUT2D eigenvalue weighted by Crippen LogP contribution is -2.38. The Balaban J connectivity index is 1.50. The highest BCUT2D eigenvalue weighted by Gasteiger charge is 2.36. The number of carbonyl (C=O) groups is 1. The number of imidazole rings is 1. The SMILES string of the molecule is C[C@@H](CNc1nccc(-c2[nH]c(C3CC3)nc2-c2cc(F)cc(NS(=O)(=O)C3CC3)c2Cl)n1)N(C)C(=O)O. The molecule has 4 N–H and O–H groups in total. The number of hydrogen-bond acceptors (Lipinski definition) is 7. The van der Waals surface area contributed by atoms with Crippen LogP contribution in [0.1, 0.15) is 44.3 Å². The molecular weight excluding hydrogens is 537 g/mol. The van der Waals surface area contributed by atoms with Crippen LogP contribution < -0.4 is 10.0 Å². The third-order valence-corrected chi connectivity index (χ3v) is 8.89. The minimum absolute atomic E-state index is 0.0312. The predicted octanol–water partition coefficient (Wildman–Crippen LogP) is 4.52. The molecule has 0 unspecified atom stereocenters. The van der Waals surface area contributed by atoms with E-state index in [1.807, 2.05) is 0 Å². The number of likely N-dealkylation sites (N-methyl/N-ethyl adjacent to an activating group) is 1. The third kappa shape index (κ3) is 5.53. The molecule has 38 heavy (non-hydrogen) atoms. The molecule has 0 radical (unpaired) electrons. The van der Waals surface area contributed by atoms with Gasteiger partial charge in [-0.1, -0.05) is 11.6 Å². The van der Waals surface area contributed by atoms with Gasteiger partial charge in [-0.2, -0.15) is 0 Å². The zero-order valence-corrected chi connectivity index (χ0v) is 22.3. The second kappa shape index (κ2) is 10.0. The zero-order chi connectivity index (χ0) is 27.2. The molecule has 2 saturated carbocycles. The van der Waals surface area contributed by atoms with Crippen molar-refractivity contribution in [2.75, 3.05) is 23.6 Å². The Hall–Kier alpha value is -3.45. The molecule has 2 aliphatic rings. The van der Waals surface area contributed by atoms with Gasteiger partial charge in [-0.15, -0.1) is 0 Å². The number of aromatic nitrogens is 4. The number of halogens is 2. The Bertz CT molecular complexity index is 1490. The molecule has 0 bridgehead atoms. The van der Waals surface area contributed by atoms with Crippen LogP contribution in [0, 0.1) is 5.82 Å². The number of benzene rings is 1. The van der Waals surface area contributed by atoms with Gasteiger partial charge in [-0.25, -0.2) is 32.6 Å². The number of anilines is 2. The fourth-order valence-corrected chi connectivity index (χ4v) is 5.61. The number of sulfonamides is 1. The first kappa shape index (κ1) is 26.2. The van der Waals surface area contributed by atoms with E-state index in [2.05, 4.69) is 25.0 Å². The van der Waals surface area contributed by atoms with Crippen LogP contribution in [0.3, 0.4) is 0 Å². The van der Waals surface area contributed by atoms with Crippen molar-refractivity contribution in [3.05, 3.63) is 41.1 Å². The fraction of sp³-hybridized carbons (Fsp3) is 0.417. The molecule has 11 nitrogen and oxygen atoms in total. The van der Waals surface area contributed by atoms with Crippen LogP contribution in [0.25, 0.3) is 22.6 Å². The molecule has 0 aliphatic heterocycles. The first-order valence-electron chi connectivity index (χ1n) is 12.2. The van der Waals surface area contributed by atoms with E-state index < -0.39 is 27.2 Å². The van der Waals surface area contributed by atoms with Crippen LogP contribution in [-0.2, 0) is 10.0 Å². The topological polar surface area (TPSA) is 153 Å². The molecular formula is C24H27ClFN7O4S. The predicted molar refractivity (Wildman–Crippen MR) is 141 cm³/mol. The minimum atomic E-state index is -3.67. The highest BCUT2D eigenvalue weighted by molar-refractivity contribution is 7.93. The summed E-state index contributed by atoms with van der Waals surface area (Å²) in [6, 6.07) is 3.60. The van der Waals surface area contributed by atoms with Gasteiger partial charge in [0.2, 0.25) is 16.0 Å². The van der Waals surface area contributed by atoms with Gasteiger partial charge in [0.15, 0.2) is 0 Å². The van der Waals surface area contributed by atoms with Crippen molar-refractivity contribution in [1.29, 1.82) is 0 Å². The maximum atomic E-state index is 14.7. The molecule has 202 valence electrons. The summed E-state index contributed by atoms with van der Waals surface area (Å²) in [5.41, 5.74) is 1.46. The van der Waals surface area contributed by atoms with E-state index in [0.717, 1.165) is 18.9 Å². The second-order valence-corrected chi connectivity index (χ2v) is 12.0. The number of aromatic amines is 1. The summed E-state index contributed by atoms with van der Waals surface area (Å²) in [4.78, 5) is 29.2. The van der Waals surface area contributed by atoms with Crippen LogP contribution in [0.4, 0.5) is 20.8 Å². The first-order valence-corrected chi connectivity index (χ1v) is 14.1. The van der Waals surface area contributed by atoms with E-state index in [1.165, 1.54) is 18.0 Å². The average molecular weight is 564 g/mol. The zero-order valence-electron chi connectivity index (χ0n) is 20.7. The van der Waals surface area contributed by atoms with E-state index >= 15 is 0 Å². The van der Waals surface area contributed by atoms with E-state index in [4.69, 9.17) is 21.7 Å². The molecule has 5 rings (SSSR count). The van der Waals surface area contributed by atoms with Crippen molar-refractivity contribution >= 4 is 39.4 Å².